The number of rotatable bonds is 2. The van der Waals surface area contributed by atoms with E-state index in [1.165, 1.54) is 6.07 Å². The fraction of sp³-hybridized carbons (Fsp3) is 0.500. The van der Waals surface area contributed by atoms with E-state index in [1.54, 1.807) is 0 Å². The highest BCUT2D eigenvalue weighted by atomic mass is 79.9. The van der Waals surface area contributed by atoms with E-state index in [4.69, 9.17) is 0 Å². The first-order chi connectivity index (χ1) is 7.70. The van der Waals surface area contributed by atoms with Gasteiger partial charge in [0.1, 0.15) is 5.82 Å². The van der Waals surface area contributed by atoms with Crippen LogP contribution in [0.25, 0.3) is 0 Å². The summed E-state index contributed by atoms with van der Waals surface area (Å²) in [5.74, 6) is -0.147. The zero-order chi connectivity index (χ0) is 11.5. The van der Waals surface area contributed by atoms with Gasteiger partial charge in [-0.1, -0.05) is 22.9 Å². The fourth-order valence-corrected chi connectivity index (χ4v) is 2.39. The SMILES string of the molecule is CCC1CN(c2ccc(Br)cc2F)CCN1. The molecule has 2 nitrogen and oxygen atoms in total. The highest BCUT2D eigenvalue weighted by Crippen LogP contribution is 2.24. The van der Waals surface area contributed by atoms with Crippen LogP contribution in [0.1, 0.15) is 13.3 Å². The molecule has 1 unspecified atom stereocenters. The number of anilines is 1. The van der Waals surface area contributed by atoms with Gasteiger partial charge in [-0.2, -0.15) is 0 Å². The van der Waals surface area contributed by atoms with E-state index in [0.717, 1.165) is 30.5 Å². The molecule has 1 aromatic carbocycles. The van der Waals surface area contributed by atoms with Crippen LogP contribution in [-0.2, 0) is 0 Å². The van der Waals surface area contributed by atoms with Gasteiger partial charge >= 0.3 is 0 Å². The van der Waals surface area contributed by atoms with Gasteiger partial charge in [0, 0.05) is 30.1 Å². The van der Waals surface area contributed by atoms with Gasteiger partial charge in [-0.05, 0) is 24.6 Å². The highest BCUT2D eigenvalue weighted by molar-refractivity contribution is 9.10. The van der Waals surface area contributed by atoms with Crippen LogP contribution in [0.2, 0.25) is 0 Å². The Balaban J connectivity index is 2.16. The molecule has 88 valence electrons. The van der Waals surface area contributed by atoms with Gasteiger partial charge < -0.3 is 10.2 Å². The van der Waals surface area contributed by atoms with Crippen LogP contribution >= 0.6 is 15.9 Å². The molecule has 1 aliphatic heterocycles. The van der Waals surface area contributed by atoms with Crippen molar-refractivity contribution in [2.24, 2.45) is 0 Å². The van der Waals surface area contributed by atoms with Crippen LogP contribution in [0.3, 0.4) is 0 Å². The number of hydrogen-bond donors (Lipinski definition) is 1. The maximum Gasteiger partial charge on any atom is 0.147 e. The lowest BCUT2D eigenvalue weighted by atomic mass is 10.1. The summed E-state index contributed by atoms with van der Waals surface area (Å²) >= 11 is 3.27. The number of nitrogens with one attached hydrogen (secondary N) is 1. The van der Waals surface area contributed by atoms with Crippen molar-refractivity contribution in [3.63, 3.8) is 0 Å². The van der Waals surface area contributed by atoms with Crippen LogP contribution in [0, 0.1) is 5.82 Å². The van der Waals surface area contributed by atoms with Crippen LogP contribution < -0.4 is 10.2 Å². The van der Waals surface area contributed by atoms with Crippen LogP contribution in [0.4, 0.5) is 10.1 Å². The topological polar surface area (TPSA) is 15.3 Å². The largest absolute Gasteiger partial charge is 0.366 e. The molecule has 16 heavy (non-hydrogen) atoms. The molecule has 1 atom stereocenters. The van der Waals surface area contributed by atoms with Gasteiger partial charge in [-0.15, -0.1) is 0 Å². The van der Waals surface area contributed by atoms with E-state index in [0.29, 0.717) is 11.7 Å². The Kier molecular flexibility index (Phi) is 3.82. The van der Waals surface area contributed by atoms with Crippen molar-refractivity contribution < 1.29 is 4.39 Å². The molecule has 0 aliphatic carbocycles. The molecule has 1 N–H and O–H groups in total. The smallest absolute Gasteiger partial charge is 0.147 e. The predicted octanol–water partition coefficient (Wildman–Crippen LogP) is 2.78. The normalized spacial score (nSPS) is 21.2. The maximum absolute atomic E-state index is 13.8. The molecular weight excluding hydrogens is 271 g/mol. The first-order valence-corrected chi connectivity index (χ1v) is 6.43. The quantitative estimate of drug-likeness (QED) is 0.899. The average molecular weight is 287 g/mol. The number of benzene rings is 1. The van der Waals surface area contributed by atoms with Crippen molar-refractivity contribution in [1.82, 2.24) is 5.32 Å². The van der Waals surface area contributed by atoms with E-state index in [9.17, 15) is 4.39 Å². The van der Waals surface area contributed by atoms with Crippen molar-refractivity contribution in [1.29, 1.82) is 0 Å². The first-order valence-electron chi connectivity index (χ1n) is 5.64. The number of piperazine rings is 1. The molecular formula is C12H16BrFN2. The van der Waals surface area contributed by atoms with E-state index < -0.39 is 0 Å². The Morgan fingerprint density at radius 3 is 3.06 bits per heavy atom. The Morgan fingerprint density at radius 2 is 2.38 bits per heavy atom. The summed E-state index contributed by atoms with van der Waals surface area (Å²) in [6.07, 6.45) is 1.08. The highest BCUT2D eigenvalue weighted by Gasteiger charge is 2.20. The Bertz CT molecular complexity index is 370. The van der Waals surface area contributed by atoms with E-state index in [-0.39, 0.29) is 5.82 Å². The molecule has 1 heterocycles. The minimum absolute atomic E-state index is 0.147. The molecule has 2 rings (SSSR count). The summed E-state index contributed by atoms with van der Waals surface area (Å²) in [6, 6.07) is 5.73. The molecule has 1 aliphatic rings. The molecule has 1 aromatic rings. The molecule has 4 heteroatoms. The Morgan fingerprint density at radius 1 is 1.56 bits per heavy atom. The van der Waals surface area contributed by atoms with Gasteiger partial charge in [-0.3, -0.25) is 0 Å². The zero-order valence-electron chi connectivity index (χ0n) is 9.34. The molecule has 0 saturated carbocycles. The second-order valence-electron chi connectivity index (χ2n) is 4.10. The van der Waals surface area contributed by atoms with Crippen LogP contribution in [-0.4, -0.2) is 25.7 Å². The predicted molar refractivity (Wildman–Crippen MR) is 68.4 cm³/mol. The molecule has 1 fully saturated rings. The molecule has 0 spiro atoms. The van der Waals surface area contributed by atoms with E-state index in [1.807, 2.05) is 12.1 Å². The zero-order valence-corrected chi connectivity index (χ0v) is 10.9. The van der Waals surface area contributed by atoms with Gasteiger partial charge in [0.05, 0.1) is 5.69 Å². The lowest BCUT2D eigenvalue weighted by molar-refractivity contribution is 0.443. The molecule has 1 saturated heterocycles. The minimum atomic E-state index is -0.147. The van der Waals surface area contributed by atoms with Crippen molar-refractivity contribution in [2.45, 2.75) is 19.4 Å². The second-order valence-corrected chi connectivity index (χ2v) is 5.02. The van der Waals surface area contributed by atoms with Gasteiger partial charge in [0.15, 0.2) is 0 Å². The van der Waals surface area contributed by atoms with Crippen molar-refractivity contribution in [3.8, 4) is 0 Å². The number of hydrogen-bond acceptors (Lipinski definition) is 2. The third kappa shape index (κ3) is 2.55. The Hall–Kier alpha value is -0.610. The molecule has 0 aromatic heterocycles. The summed E-state index contributed by atoms with van der Waals surface area (Å²) in [5, 5.41) is 3.43. The van der Waals surface area contributed by atoms with Crippen molar-refractivity contribution in [2.75, 3.05) is 24.5 Å². The summed E-state index contributed by atoms with van der Waals surface area (Å²) in [6.45, 7) is 4.83. The monoisotopic (exact) mass is 286 g/mol. The van der Waals surface area contributed by atoms with Crippen LogP contribution in [0.5, 0.6) is 0 Å². The second kappa shape index (κ2) is 5.15. The van der Waals surface area contributed by atoms with E-state index >= 15 is 0 Å². The lowest BCUT2D eigenvalue weighted by Gasteiger charge is -2.35. The molecule has 0 radical (unpaired) electrons. The lowest BCUT2D eigenvalue weighted by Crippen LogP contribution is -2.50. The third-order valence-corrected chi connectivity index (χ3v) is 3.49. The molecule has 0 bridgehead atoms. The van der Waals surface area contributed by atoms with E-state index in [2.05, 4.69) is 33.1 Å². The van der Waals surface area contributed by atoms with Crippen LogP contribution in [0.15, 0.2) is 22.7 Å². The maximum atomic E-state index is 13.8. The van der Waals surface area contributed by atoms with Gasteiger partial charge in [0.25, 0.3) is 0 Å². The summed E-state index contributed by atoms with van der Waals surface area (Å²) in [7, 11) is 0. The third-order valence-electron chi connectivity index (χ3n) is 3.00. The average Bonchev–Trinajstić information content (AvgIpc) is 2.29. The number of halogens is 2. The summed E-state index contributed by atoms with van der Waals surface area (Å²) in [4.78, 5) is 2.12. The first kappa shape index (κ1) is 11.9. The fourth-order valence-electron chi connectivity index (χ4n) is 2.06. The summed E-state index contributed by atoms with van der Waals surface area (Å²) in [5.41, 5.74) is 0.711. The van der Waals surface area contributed by atoms with Gasteiger partial charge in [-0.25, -0.2) is 4.39 Å². The standard InChI is InChI=1S/C12H16BrFN2/c1-2-10-8-16(6-5-15-10)12-4-3-9(13)7-11(12)14/h3-4,7,10,15H,2,5-6,8H2,1H3. The number of nitrogens with zero attached hydrogens (tertiary/aromatic N) is 1. The summed E-state index contributed by atoms with van der Waals surface area (Å²) < 4.78 is 14.6. The minimum Gasteiger partial charge on any atom is -0.366 e. The molecule has 0 amide bonds. The van der Waals surface area contributed by atoms with Gasteiger partial charge in [0.2, 0.25) is 0 Å². The van der Waals surface area contributed by atoms with Crippen molar-refractivity contribution in [3.05, 3.63) is 28.5 Å². The Labute approximate surface area is 104 Å². The van der Waals surface area contributed by atoms with Crippen molar-refractivity contribution >= 4 is 21.6 Å².